The van der Waals surface area contributed by atoms with Gasteiger partial charge >= 0.3 is 5.97 Å². The molecule has 1 unspecified atom stereocenters. The average Bonchev–Trinajstić information content (AvgIpc) is 2.35. The Hall–Kier alpha value is -1.10. The van der Waals surface area contributed by atoms with Gasteiger partial charge in [-0.05, 0) is 0 Å². The number of hydrogen-bond donors (Lipinski definition) is 2. The van der Waals surface area contributed by atoms with Crippen LogP contribution in [0.4, 0.5) is 0 Å². The maximum Gasteiger partial charge on any atom is 0.307 e. The van der Waals surface area contributed by atoms with Crippen molar-refractivity contribution >= 4 is 11.9 Å². The number of aliphatic carboxylic acids is 1. The molecule has 5 nitrogen and oxygen atoms in total. The highest BCUT2D eigenvalue weighted by molar-refractivity contribution is 5.77. The molecule has 0 spiro atoms. The number of nitrogens with zero attached hydrogens (tertiary/aromatic N) is 1. The Balaban J connectivity index is 2.32. The molecule has 1 saturated heterocycles. The van der Waals surface area contributed by atoms with E-state index in [2.05, 4.69) is 5.43 Å². The lowest BCUT2D eigenvalue weighted by atomic mass is 10.2. The fraction of sp³-hybridized carbons (Fsp3) is 0.714. The molecule has 1 aliphatic heterocycles. The number of nitrogens with one attached hydrogen (secondary N) is 1. The number of carboxylic acids is 1. The molecule has 1 rings (SSSR count). The molecule has 0 aromatic carbocycles. The van der Waals surface area contributed by atoms with Crippen molar-refractivity contribution < 1.29 is 14.7 Å². The Bertz CT molecular complexity index is 205. The molecule has 5 heteroatoms. The highest BCUT2D eigenvalue weighted by Gasteiger charge is 2.22. The molecular formula is C7H12N2O3. The Morgan fingerprint density at radius 3 is 2.92 bits per heavy atom. The van der Waals surface area contributed by atoms with Gasteiger partial charge in [-0.25, -0.2) is 5.01 Å². The molecule has 0 aromatic heterocycles. The second-order valence-corrected chi connectivity index (χ2v) is 2.97. The van der Waals surface area contributed by atoms with Crippen LogP contribution in [0.25, 0.3) is 0 Å². The molecule has 1 heterocycles. The highest BCUT2D eigenvalue weighted by Crippen LogP contribution is 2.03. The predicted molar refractivity (Wildman–Crippen MR) is 41.1 cm³/mol. The number of carbonyl (C=O) groups is 2. The molecule has 12 heavy (non-hydrogen) atoms. The quantitative estimate of drug-likeness (QED) is 0.599. The summed E-state index contributed by atoms with van der Waals surface area (Å²) >= 11 is 0. The predicted octanol–water partition coefficient (Wildman–Crippen LogP) is -0.556. The number of amides is 1. The number of hydrogen-bond acceptors (Lipinski definition) is 3. The molecule has 2 N–H and O–H groups in total. The van der Waals surface area contributed by atoms with Crippen molar-refractivity contribution in [2.75, 3.05) is 13.1 Å². The van der Waals surface area contributed by atoms with Gasteiger partial charge in [-0.3, -0.25) is 15.0 Å². The first kappa shape index (κ1) is 8.99. The molecule has 1 atom stereocenters. The van der Waals surface area contributed by atoms with Crippen molar-refractivity contribution in [3.05, 3.63) is 0 Å². The summed E-state index contributed by atoms with van der Waals surface area (Å²) in [7, 11) is 0. The fourth-order valence-corrected chi connectivity index (χ4v) is 1.07. The number of carbonyl (C=O) groups excluding carboxylic acids is 1. The second-order valence-electron chi connectivity index (χ2n) is 2.97. The van der Waals surface area contributed by atoms with Gasteiger partial charge in [0.2, 0.25) is 5.91 Å². The maximum atomic E-state index is 10.7. The Labute approximate surface area is 70.3 Å². The van der Waals surface area contributed by atoms with Gasteiger partial charge in [0, 0.05) is 19.5 Å². The monoisotopic (exact) mass is 172 g/mol. The first-order chi connectivity index (χ1) is 5.59. The smallest absolute Gasteiger partial charge is 0.307 e. The summed E-state index contributed by atoms with van der Waals surface area (Å²) in [6.07, 6.45) is 0.465. The maximum absolute atomic E-state index is 10.7. The molecular weight excluding hydrogens is 160 g/mol. The van der Waals surface area contributed by atoms with Crippen molar-refractivity contribution in [3.63, 3.8) is 0 Å². The third kappa shape index (κ3) is 2.20. The van der Waals surface area contributed by atoms with E-state index in [0.29, 0.717) is 19.5 Å². The van der Waals surface area contributed by atoms with Gasteiger partial charge in [0.1, 0.15) is 0 Å². The van der Waals surface area contributed by atoms with E-state index in [0.717, 1.165) is 0 Å². The van der Waals surface area contributed by atoms with Crippen LogP contribution in [0.2, 0.25) is 0 Å². The van der Waals surface area contributed by atoms with Crippen LogP contribution in [0.3, 0.4) is 0 Å². The summed E-state index contributed by atoms with van der Waals surface area (Å²) in [5.74, 6) is -1.31. The minimum atomic E-state index is -0.837. The van der Waals surface area contributed by atoms with Crippen molar-refractivity contribution in [2.24, 2.45) is 5.92 Å². The third-order valence-electron chi connectivity index (χ3n) is 1.81. The van der Waals surface area contributed by atoms with Crippen LogP contribution in [-0.2, 0) is 9.59 Å². The molecule has 0 aromatic rings. The van der Waals surface area contributed by atoms with Gasteiger partial charge in [0.15, 0.2) is 0 Å². The third-order valence-corrected chi connectivity index (χ3v) is 1.81. The molecule has 1 fully saturated rings. The SMILES string of the molecule is CC(CN1CCC(=O)N1)C(=O)O. The molecule has 68 valence electrons. The standard InChI is InChI=1S/C7H12N2O3/c1-5(7(11)12)4-9-3-2-6(10)8-9/h5H,2-4H2,1H3,(H,8,10)(H,11,12). The van der Waals surface area contributed by atoms with E-state index >= 15 is 0 Å². The van der Waals surface area contributed by atoms with Crippen molar-refractivity contribution in [3.8, 4) is 0 Å². The zero-order chi connectivity index (χ0) is 9.14. The molecule has 0 radical (unpaired) electrons. The highest BCUT2D eigenvalue weighted by atomic mass is 16.4. The van der Waals surface area contributed by atoms with E-state index < -0.39 is 11.9 Å². The van der Waals surface area contributed by atoms with Gasteiger partial charge < -0.3 is 5.11 Å². The normalized spacial score (nSPS) is 20.6. The van der Waals surface area contributed by atoms with Crippen LogP contribution >= 0.6 is 0 Å². The Morgan fingerprint density at radius 2 is 2.50 bits per heavy atom. The van der Waals surface area contributed by atoms with Crippen molar-refractivity contribution in [1.29, 1.82) is 0 Å². The molecule has 0 aliphatic carbocycles. The lowest BCUT2D eigenvalue weighted by molar-refractivity contribution is -0.142. The number of carboxylic acid groups (broad SMARTS) is 1. The van der Waals surface area contributed by atoms with Gasteiger partial charge in [0.25, 0.3) is 0 Å². The van der Waals surface area contributed by atoms with Crippen molar-refractivity contribution in [1.82, 2.24) is 10.4 Å². The van der Waals surface area contributed by atoms with E-state index in [9.17, 15) is 9.59 Å². The van der Waals surface area contributed by atoms with Crippen LogP contribution in [0, 0.1) is 5.92 Å². The van der Waals surface area contributed by atoms with Crippen LogP contribution in [0.15, 0.2) is 0 Å². The first-order valence-corrected chi connectivity index (χ1v) is 3.87. The average molecular weight is 172 g/mol. The fourth-order valence-electron chi connectivity index (χ4n) is 1.07. The van der Waals surface area contributed by atoms with Crippen LogP contribution in [0.1, 0.15) is 13.3 Å². The van der Waals surface area contributed by atoms with E-state index in [1.165, 1.54) is 0 Å². The molecule has 0 saturated carbocycles. The summed E-state index contributed by atoms with van der Waals surface area (Å²) in [5, 5.41) is 10.2. The lowest BCUT2D eigenvalue weighted by Crippen LogP contribution is -2.38. The Kier molecular flexibility index (Phi) is 2.65. The number of rotatable bonds is 3. The summed E-state index contributed by atoms with van der Waals surface area (Å²) in [6, 6.07) is 0. The van der Waals surface area contributed by atoms with Gasteiger partial charge in [-0.1, -0.05) is 6.92 Å². The van der Waals surface area contributed by atoms with E-state index in [4.69, 9.17) is 5.11 Å². The summed E-state index contributed by atoms with van der Waals surface area (Å²) in [5.41, 5.74) is 2.57. The summed E-state index contributed by atoms with van der Waals surface area (Å²) in [6.45, 7) is 2.60. The second kappa shape index (κ2) is 3.53. The van der Waals surface area contributed by atoms with Gasteiger partial charge in [0.05, 0.1) is 5.92 Å². The summed E-state index contributed by atoms with van der Waals surface area (Å²) in [4.78, 5) is 21.1. The summed E-state index contributed by atoms with van der Waals surface area (Å²) < 4.78 is 0. The van der Waals surface area contributed by atoms with E-state index in [-0.39, 0.29) is 5.91 Å². The number of hydrazine groups is 1. The molecule has 0 bridgehead atoms. The zero-order valence-electron chi connectivity index (χ0n) is 6.91. The van der Waals surface area contributed by atoms with Gasteiger partial charge in [-0.15, -0.1) is 0 Å². The zero-order valence-corrected chi connectivity index (χ0v) is 6.91. The van der Waals surface area contributed by atoms with Crippen molar-refractivity contribution in [2.45, 2.75) is 13.3 Å². The largest absolute Gasteiger partial charge is 0.481 e. The van der Waals surface area contributed by atoms with E-state index in [1.54, 1.807) is 11.9 Å². The molecule has 1 amide bonds. The Morgan fingerprint density at radius 1 is 1.83 bits per heavy atom. The topological polar surface area (TPSA) is 69.6 Å². The van der Waals surface area contributed by atoms with Crippen LogP contribution in [-0.4, -0.2) is 35.1 Å². The first-order valence-electron chi connectivity index (χ1n) is 3.87. The minimum Gasteiger partial charge on any atom is -0.481 e. The van der Waals surface area contributed by atoms with Gasteiger partial charge in [-0.2, -0.15) is 0 Å². The lowest BCUT2D eigenvalue weighted by Gasteiger charge is -2.16. The van der Waals surface area contributed by atoms with Crippen LogP contribution < -0.4 is 5.43 Å². The minimum absolute atomic E-state index is 0.0346. The molecule has 1 aliphatic rings. The van der Waals surface area contributed by atoms with E-state index in [1.807, 2.05) is 0 Å². The van der Waals surface area contributed by atoms with Crippen LogP contribution in [0.5, 0.6) is 0 Å².